The van der Waals surface area contributed by atoms with Crippen molar-refractivity contribution in [1.29, 1.82) is 0 Å². The summed E-state index contributed by atoms with van der Waals surface area (Å²) in [7, 11) is 0. The van der Waals surface area contributed by atoms with Crippen molar-refractivity contribution in [3.05, 3.63) is 59.7 Å². The molecule has 0 aromatic heterocycles. The summed E-state index contributed by atoms with van der Waals surface area (Å²) in [5.74, 6) is 0.321. The number of rotatable bonds is 7. The molecule has 2 rings (SSSR count). The summed E-state index contributed by atoms with van der Waals surface area (Å²) in [6, 6.07) is 13.9. The van der Waals surface area contributed by atoms with Gasteiger partial charge in [-0.2, -0.15) is 0 Å². The van der Waals surface area contributed by atoms with E-state index in [1.165, 1.54) is 0 Å². The molecule has 5 heteroatoms. The fourth-order valence-corrected chi connectivity index (χ4v) is 2.23. The van der Waals surface area contributed by atoms with Crippen molar-refractivity contribution in [1.82, 2.24) is 5.32 Å². The van der Waals surface area contributed by atoms with E-state index in [4.69, 9.17) is 4.74 Å². The summed E-state index contributed by atoms with van der Waals surface area (Å²) >= 11 is 0. The Morgan fingerprint density at radius 3 is 2.36 bits per heavy atom. The molecule has 5 nitrogen and oxygen atoms in total. The minimum absolute atomic E-state index is 0.0460. The van der Waals surface area contributed by atoms with Crippen molar-refractivity contribution >= 4 is 17.5 Å². The van der Waals surface area contributed by atoms with Crippen LogP contribution in [0.1, 0.15) is 47.9 Å². The lowest BCUT2D eigenvalue weighted by Gasteiger charge is -2.11. The lowest BCUT2D eigenvalue weighted by Crippen LogP contribution is -2.23. The fraction of sp³-hybridized carbons (Fsp3) is 0.300. The highest BCUT2D eigenvalue weighted by Crippen LogP contribution is 2.17. The van der Waals surface area contributed by atoms with Crippen LogP contribution in [0, 0.1) is 0 Å². The van der Waals surface area contributed by atoms with E-state index in [0.29, 0.717) is 29.1 Å². The van der Waals surface area contributed by atoms with Gasteiger partial charge < -0.3 is 15.4 Å². The number of carbonyl (C=O) groups is 2. The van der Waals surface area contributed by atoms with Crippen LogP contribution in [0.2, 0.25) is 0 Å². The molecule has 0 aliphatic carbocycles. The van der Waals surface area contributed by atoms with Crippen molar-refractivity contribution < 1.29 is 14.3 Å². The van der Waals surface area contributed by atoms with Gasteiger partial charge >= 0.3 is 0 Å². The Morgan fingerprint density at radius 2 is 1.72 bits per heavy atom. The molecule has 2 aromatic rings. The van der Waals surface area contributed by atoms with E-state index in [-0.39, 0.29) is 17.9 Å². The van der Waals surface area contributed by atoms with Crippen LogP contribution in [0.15, 0.2) is 48.5 Å². The maximum Gasteiger partial charge on any atom is 0.255 e. The molecule has 0 atom stereocenters. The standard InChI is InChI=1S/C20H24N2O3/c1-4-12-21-19(23)15-8-10-17(11-9-15)22-20(24)16-6-5-7-18(13-16)25-14(2)3/h5-11,13-14H,4,12H2,1-3H3,(H,21,23)(H,22,24). The maximum absolute atomic E-state index is 12.4. The Hall–Kier alpha value is -2.82. The largest absolute Gasteiger partial charge is 0.491 e. The molecule has 0 fully saturated rings. The van der Waals surface area contributed by atoms with E-state index in [2.05, 4.69) is 10.6 Å². The quantitative estimate of drug-likeness (QED) is 0.804. The van der Waals surface area contributed by atoms with Gasteiger partial charge in [-0.15, -0.1) is 0 Å². The molecule has 0 heterocycles. The summed E-state index contributed by atoms with van der Waals surface area (Å²) in [6.45, 7) is 6.52. The number of carbonyl (C=O) groups excluding carboxylic acids is 2. The number of amides is 2. The first kappa shape index (κ1) is 18.5. The molecule has 132 valence electrons. The first-order chi connectivity index (χ1) is 12.0. The predicted molar refractivity (Wildman–Crippen MR) is 99.2 cm³/mol. The molecule has 0 saturated carbocycles. The molecule has 0 saturated heterocycles. The van der Waals surface area contributed by atoms with Gasteiger partial charge in [0.1, 0.15) is 5.75 Å². The van der Waals surface area contributed by atoms with E-state index >= 15 is 0 Å². The molecule has 0 aliphatic heterocycles. The average Bonchev–Trinajstić information content (AvgIpc) is 2.60. The summed E-state index contributed by atoms with van der Waals surface area (Å²) < 4.78 is 5.61. The average molecular weight is 340 g/mol. The molecule has 0 spiro atoms. The zero-order chi connectivity index (χ0) is 18.2. The van der Waals surface area contributed by atoms with Gasteiger partial charge in [0.25, 0.3) is 11.8 Å². The normalized spacial score (nSPS) is 10.4. The van der Waals surface area contributed by atoms with Crippen LogP contribution in [0.5, 0.6) is 5.75 Å². The van der Waals surface area contributed by atoms with Crippen LogP contribution in [0.3, 0.4) is 0 Å². The van der Waals surface area contributed by atoms with Crippen LogP contribution in [0.25, 0.3) is 0 Å². The second-order valence-corrected chi connectivity index (χ2v) is 5.98. The minimum atomic E-state index is -0.225. The van der Waals surface area contributed by atoms with Gasteiger partial charge in [0, 0.05) is 23.4 Å². The Labute approximate surface area is 148 Å². The highest BCUT2D eigenvalue weighted by Gasteiger charge is 2.09. The molecule has 0 bridgehead atoms. The van der Waals surface area contributed by atoms with Crippen LogP contribution in [-0.2, 0) is 0 Å². The molecule has 0 radical (unpaired) electrons. The van der Waals surface area contributed by atoms with Crippen LogP contribution in [-0.4, -0.2) is 24.5 Å². The number of hydrogen-bond donors (Lipinski definition) is 2. The van der Waals surface area contributed by atoms with Gasteiger partial charge in [0.05, 0.1) is 6.10 Å². The van der Waals surface area contributed by atoms with Gasteiger partial charge in [0.2, 0.25) is 0 Å². The van der Waals surface area contributed by atoms with Crippen molar-refractivity contribution in [3.8, 4) is 5.75 Å². The number of nitrogens with one attached hydrogen (secondary N) is 2. The highest BCUT2D eigenvalue weighted by atomic mass is 16.5. The van der Waals surface area contributed by atoms with Crippen LogP contribution >= 0.6 is 0 Å². The second kappa shape index (κ2) is 8.87. The molecular weight excluding hydrogens is 316 g/mol. The second-order valence-electron chi connectivity index (χ2n) is 5.98. The van der Waals surface area contributed by atoms with E-state index in [1.807, 2.05) is 26.8 Å². The molecule has 25 heavy (non-hydrogen) atoms. The fourth-order valence-electron chi connectivity index (χ4n) is 2.23. The van der Waals surface area contributed by atoms with E-state index in [1.54, 1.807) is 42.5 Å². The van der Waals surface area contributed by atoms with Crippen molar-refractivity contribution in [2.45, 2.75) is 33.3 Å². The van der Waals surface area contributed by atoms with Gasteiger partial charge in [-0.1, -0.05) is 13.0 Å². The van der Waals surface area contributed by atoms with Crippen molar-refractivity contribution in [3.63, 3.8) is 0 Å². The number of hydrogen-bond acceptors (Lipinski definition) is 3. The Morgan fingerprint density at radius 1 is 1.00 bits per heavy atom. The summed E-state index contributed by atoms with van der Waals surface area (Å²) in [4.78, 5) is 24.2. The number of ether oxygens (including phenoxy) is 1. The topological polar surface area (TPSA) is 67.4 Å². The molecular formula is C20H24N2O3. The summed E-state index contributed by atoms with van der Waals surface area (Å²) in [5, 5.41) is 5.64. The van der Waals surface area contributed by atoms with Crippen LogP contribution in [0.4, 0.5) is 5.69 Å². The summed E-state index contributed by atoms with van der Waals surface area (Å²) in [6.07, 6.45) is 0.934. The first-order valence-corrected chi connectivity index (χ1v) is 8.46. The monoisotopic (exact) mass is 340 g/mol. The first-order valence-electron chi connectivity index (χ1n) is 8.46. The number of anilines is 1. The zero-order valence-corrected chi connectivity index (χ0v) is 14.8. The summed E-state index contributed by atoms with van der Waals surface area (Å²) in [5.41, 5.74) is 1.72. The van der Waals surface area contributed by atoms with Crippen molar-refractivity contribution in [2.75, 3.05) is 11.9 Å². The van der Waals surface area contributed by atoms with E-state index in [0.717, 1.165) is 6.42 Å². The molecule has 2 aromatic carbocycles. The third kappa shape index (κ3) is 5.64. The Balaban J connectivity index is 2.02. The van der Waals surface area contributed by atoms with Crippen LogP contribution < -0.4 is 15.4 Å². The molecule has 2 amide bonds. The van der Waals surface area contributed by atoms with Gasteiger partial charge in [-0.3, -0.25) is 9.59 Å². The molecule has 0 unspecified atom stereocenters. The van der Waals surface area contributed by atoms with Gasteiger partial charge in [0.15, 0.2) is 0 Å². The molecule has 2 N–H and O–H groups in total. The highest BCUT2D eigenvalue weighted by molar-refractivity contribution is 6.04. The molecule has 0 aliphatic rings. The van der Waals surface area contributed by atoms with E-state index < -0.39 is 0 Å². The Kier molecular flexibility index (Phi) is 6.57. The van der Waals surface area contributed by atoms with Crippen molar-refractivity contribution in [2.24, 2.45) is 0 Å². The zero-order valence-electron chi connectivity index (χ0n) is 14.8. The lowest BCUT2D eigenvalue weighted by atomic mass is 10.1. The maximum atomic E-state index is 12.4. The van der Waals surface area contributed by atoms with Gasteiger partial charge in [-0.25, -0.2) is 0 Å². The smallest absolute Gasteiger partial charge is 0.255 e. The SMILES string of the molecule is CCCNC(=O)c1ccc(NC(=O)c2cccc(OC(C)C)c2)cc1. The number of benzene rings is 2. The Bertz CT molecular complexity index is 724. The van der Waals surface area contributed by atoms with Gasteiger partial charge in [-0.05, 0) is 62.7 Å². The predicted octanol–water partition coefficient (Wildman–Crippen LogP) is 3.87. The third-order valence-electron chi connectivity index (χ3n) is 3.41. The minimum Gasteiger partial charge on any atom is -0.491 e. The van der Waals surface area contributed by atoms with E-state index in [9.17, 15) is 9.59 Å². The third-order valence-corrected chi connectivity index (χ3v) is 3.41. The lowest BCUT2D eigenvalue weighted by molar-refractivity contribution is 0.0953.